The van der Waals surface area contributed by atoms with Crippen molar-refractivity contribution < 1.29 is 4.79 Å². The molecule has 18 heavy (non-hydrogen) atoms. The highest BCUT2D eigenvalue weighted by Crippen LogP contribution is 2.32. The molecule has 1 amide bonds. The van der Waals surface area contributed by atoms with Crippen LogP contribution in [0.15, 0.2) is 24.3 Å². The summed E-state index contributed by atoms with van der Waals surface area (Å²) in [6.45, 7) is 1.43. The maximum Gasteiger partial charge on any atom is 0.240 e. The van der Waals surface area contributed by atoms with Crippen molar-refractivity contribution >= 4 is 5.91 Å². The molecule has 1 fully saturated rings. The molecule has 1 aromatic rings. The van der Waals surface area contributed by atoms with Crippen molar-refractivity contribution in [3.63, 3.8) is 0 Å². The summed E-state index contributed by atoms with van der Waals surface area (Å²) in [5.41, 5.74) is 7.66. The maximum atomic E-state index is 11.8. The summed E-state index contributed by atoms with van der Waals surface area (Å²) in [5, 5.41) is 2.93. The minimum absolute atomic E-state index is 0.0258. The van der Waals surface area contributed by atoms with E-state index in [1.54, 1.807) is 0 Å². The van der Waals surface area contributed by atoms with Crippen LogP contribution in [0.2, 0.25) is 0 Å². The predicted octanol–water partition coefficient (Wildman–Crippen LogP) is 0.856. The summed E-state index contributed by atoms with van der Waals surface area (Å²) in [4.78, 5) is 13.9. The fourth-order valence-electron chi connectivity index (χ4n) is 1.94. The van der Waals surface area contributed by atoms with Gasteiger partial charge in [-0.15, -0.1) is 0 Å². The number of hydrogen-bond donors (Lipinski definition) is 2. The van der Waals surface area contributed by atoms with E-state index in [0.717, 1.165) is 24.9 Å². The molecule has 4 nitrogen and oxygen atoms in total. The highest BCUT2D eigenvalue weighted by Gasteiger charge is 2.45. The molecule has 1 aliphatic carbocycles. The van der Waals surface area contributed by atoms with E-state index in [-0.39, 0.29) is 5.91 Å². The van der Waals surface area contributed by atoms with Crippen LogP contribution in [0, 0.1) is 0 Å². The molecule has 98 valence electrons. The van der Waals surface area contributed by atoms with Crippen LogP contribution < -0.4 is 11.1 Å². The molecule has 1 aromatic carbocycles. The number of hydrogen-bond acceptors (Lipinski definition) is 3. The van der Waals surface area contributed by atoms with Crippen LogP contribution in [0.25, 0.3) is 0 Å². The first-order valence-corrected chi connectivity index (χ1v) is 6.30. The second-order valence-electron chi connectivity index (χ2n) is 5.35. The Morgan fingerprint density at radius 1 is 1.33 bits per heavy atom. The van der Waals surface area contributed by atoms with Gasteiger partial charge in [-0.2, -0.15) is 0 Å². The number of benzene rings is 1. The molecule has 0 aliphatic heterocycles. The zero-order chi connectivity index (χ0) is 13.2. The van der Waals surface area contributed by atoms with Gasteiger partial charge in [0.05, 0.1) is 5.54 Å². The number of carbonyl (C=O) groups is 1. The number of carbonyl (C=O) groups excluding carboxylic acids is 1. The molecule has 0 spiro atoms. The Morgan fingerprint density at radius 2 is 1.94 bits per heavy atom. The first-order chi connectivity index (χ1) is 8.51. The zero-order valence-corrected chi connectivity index (χ0v) is 11.1. The lowest BCUT2D eigenvalue weighted by molar-refractivity contribution is -0.123. The number of nitrogens with two attached hydrogens (primary N) is 1. The number of amides is 1. The third-order valence-electron chi connectivity index (χ3n) is 3.29. The lowest BCUT2D eigenvalue weighted by Gasteiger charge is -2.15. The SMILES string of the molecule is CN(C)Cc1ccccc1CNC(=O)C1(N)CC1. The Balaban J connectivity index is 1.98. The number of rotatable bonds is 5. The van der Waals surface area contributed by atoms with Crippen molar-refractivity contribution in [1.29, 1.82) is 0 Å². The quantitative estimate of drug-likeness (QED) is 0.811. The smallest absolute Gasteiger partial charge is 0.240 e. The largest absolute Gasteiger partial charge is 0.350 e. The molecule has 0 heterocycles. The van der Waals surface area contributed by atoms with Gasteiger partial charge in [0.2, 0.25) is 5.91 Å². The monoisotopic (exact) mass is 247 g/mol. The summed E-state index contributed by atoms with van der Waals surface area (Å²) < 4.78 is 0. The lowest BCUT2D eigenvalue weighted by atomic mass is 10.1. The molecule has 0 bridgehead atoms. The van der Waals surface area contributed by atoms with E-state index in [9.17, 15) is 4.79 Å². The Bertz CT molecular complexity index is 438. The molecule has 0 atom stereocenters. The highest BCUT2D eigenvalue weighted by atomic mass is 16.2. The number of nitrogens with zero attached hydrogens (tertiary/aromatic N) is 1. The van der Waals surface area contributed by atoms with E-state index in [0.29, 0.717) is 6.54 Å². The molecular formula is C14H21N3O. The third kappa shape index (κ3) is 3.09. The summed E-state index contributed by atoms with van der Waals surface area (Å²) >= 11 is 0. The van der Waals surface area contributed by atoms with Crippen molar-refractivity contribution in [2.24, 2.45) is 5.73 Å². The van der Waals surface area contributed by atoms with Crippen LogP contribution in [0.3, 0.4) is 0 Å². The average Bonchev–Trinajstić information content (AvgIpc) is 3.06. The Hall–Kier alpha value is -1.39. The standard InChI is InChI=1S/C14H21N3O/c1-17(2)10-12-6-4-3-5-11(12)9-16-13(18)14(15)7-8-14/h3-6H,7-10,15H2,1-2H3,(H,16,18). The van der Waals surface area contributed by atoms with E-state index in [1.807, 2.05) is 26.2 Å². The summed E-state index contributed by atoms with van der Waals surface area (Å²) in [6, 6.07) is 8.16. The van der Waals surface area contributed by atoms with E-state index < -0.39 is 5.54 Å². The van der Waals surface area contributed by atoms with Gasteiger partial charge in [-0.1, -0.05) is 24.3 Å². The molecule has 0 unspecified atom stereocenters. The van der Waals surface area contributed by atoms with Crippen LogP contribution in [0.5, 0.6) is 0 Å². The normalized spacial score (nSPS) is 16.7. The molecule has 0 radical (unpaired) electrons. The first-order valence-electron chi connectivity index (χ1n) is 6.30. The molecule has 1 aliphatic rings. The van der Waals surface area contributed by atoms with Crippen LogP contribution in [0.1, 0.15) is 24.0 Å². The van der Waals surface area contributed by atoms with Gasteiger partial charge in [0.15, 0.2) is 0 Å². The minimum atomic E-state index is -0.587. The van der Waals surface area contributed by atoms with Gasteiger partial charge in [0.25, 0.3) is 0 Å². The summed E-state index contributed by atoms with van der Waals surface area (Å²) in [5.74, 6) is -0.0258. The van der Waals surface area contributed by atoms with Gasteiger partial charge in [0, 0.05) is 13.1 Å². The van der Waals surface area contributed by atoms with Gasteiger partial charge < -0.3 is 16.0 Å². The second-order valence-corrected chi connectivity index (χ2v) is 5.35. The van der Waals surface area contributed by atoms with Crippen molar-refractivity contribution in [2.75, 3.05) is 14.1 Å². The van der Waals surface area contributed by atoms with E-state index >= 15 is 0 Å². The molecule has 2 rings (SSSR count). The molecule has 1 saturated carbocycles. The fourth-order valence-corrected chi connectivity index (χ4v) is 1.94. The third-order valence-corrected chi connectivity index (χ3v) is 3.29. The van der Waals surface area contributed by atoms with Crippen molar-refractivity contribution in [1.82, 2.24) is 10.2 Å². The molecule has 4 heteroatoms. The van der Waals surface area contributed by atoms with Crippen molar-refractivity contribution in [3.05, 3.63) is 35.4 Å². The predicted molar refractivity (Wildman–Crippen MR) is 71.8 cm³/mol. The Labute approximate surface area is 108 Å². The summed E-state index contributed by atoms with van der Waals surface area (Å²) in [6.07, 6.45) is 1.61. The Morgan fingerprint density at radius 3 is 2.50 bits per heavy atom. The van der Waals surface area contributed by atoms with Crippen LogP contribution in [-0.2, 0) is 17.9 Å². The van der Waals surface area contributed by atoms with Crippen LogP contribution in [-0.4, -0.2) is 30.4 Å². The van der Waals surface area contributed by atoms with E-state index in [1.165, 1.54) is 5.56 Å². The van der Waals surface area contributed by atoms with Crippen LogP contribution >= 0.6 is 0 Å². The topological polar surface area (TPSA) is 58.4 Å². The van der Waals surface area contributed by atoms with Gasteiger partial charge in [-0.05, 0) is 38.1 Å². The molecule has 0 saturated heterocycles. The highest BCUT2D eigenvalue weighted by molar-refractivity contribution is 5.88. The van der Waals surface area contributed by atoms with Gasteiger partial charge in [-0.25, -0.2) is 0 Å². The molecule has 3 N–H and O–H groups in total. The average molecular weight is 247 g/mol. The second kappa shape index (κ2) is 5.08. The van der Waals surface area contributed by atoms with Gasteiger partial charge in [0.1, 0.15) is 0 Å². The zero-order valence-electron chi connectivity index (χ0n) is 11.1. The molecular weight excluding hydrogens is 226 g/mol. The molecule has 0 aromatic heterocycles. The summed E-state index contributed by atoms with van der Waals surface area (Å²) in [7, 11) is 4.07. The maximum absolute atomic E-state index is 11.8. The Kier molecular flexibility index (Phi) is 3.68. The van der Waals surface area contributed by atoms with Gasteiger partial charge in [-0.3, -0.25) is 4.79 Å². The first kappa shape index (κ1) is 13.1. The van der Waals surface area contributed by atoms with Crippen LogP contribution in [0.4, 0.5) is 0 Å². The van der Waals surface area contributed by atoms with E-state index in [4.69, 9.17) is 5.73 Å². The van der Waals surface area contributed by atoms with E-state index in [2.05, 4.69) is 22.3 Å². The van der Waals surface area contributed by atoms with Gasteiger partial charge >= 0.3 is 0 Å². The van der Waals surface area contributed by atoms with Crippen molar-refractivity contribution in [3.8, 4) is 0 Å². The number of nitrogens with one attached hydrogen (secondary N) is 1. The fraction of sp³-hybridized carbons (Fsp3) is 0.500. The van der Waals surface area contributed by atoms with Crippen molar-refractivity contribution in [2.45, 2.75) is 31.5 Å². The minimum Gasteiger partial charge on any atom is -0.350 e. The lowest BCUT2D eigenvalue weighted by Crippen LogP contribution is -2.42.